The summed E-state index contributed by atoms with van der Waals surface area (Å²) in [5.74, 6) is 0. The Morgan fingerprint density at radius 3 is 2.19 bits per heavy atom. The van der Waals surface area contributed by atoms with Crippen molar-refractivity contribution in [2.45, 2.75) is 6.37 Å². The number of aromatic nitrogens is 1. The molecule has 0 bridgehead atoms. The summed E-state index contributed by atoms with van der Waals surface area (Å²) in [6.45, 7) is 0. The van der Waals surface area contributed by atoms with Crippen LogP contribution in [0.2, 0.25) is 0 Å². The largest absolute Gasteiger partial charge is 0.455 e. The highest BCUT2D eigenvalue weighted by Crippen LogP contribution is 2.39. The van der Waals surface area contributed by atoms with E-state index >= 15 is 0 Å². The van der Waals surface area contributed by atoms with Gasteiger partial charge in [0, 0.05) is 36.2 Å². The molecule has 0 saturated carbocycles. The Morgan fingerprint density at radius 2 is 1.33 bits per heavy atom. The summed E-state index contributed by atoms with van der Waals surface area (Å²) in [5.41, 5.74) is 5.99. The average molecular weight is 464 g/mol. The van der Waals surface area contributed by atoms with Gasteiger partial charge in [-0.15, -0.1) is 0 Å². The Labute approximate surface area is 212 Å². The quantitative estimate of drug-likeness (QED) is 0.260. The van der Waals surface area contributed by atoms with Crippen molar-refractivity contribution in [1.29, 1.82) is 0 Å². The van der Waals surface area contributed by atoms with Crippen molar-refractivity contribution < 1.29 is 7.16 Å². The minimum absolute atomic E-state index is 0.568. The zero-order valence-electron chi connectivity index (χ0n) is 21.5. The minimum Gasteiger partial charge on any atom is -0.455 e. The van der Waals surface area contributed by atoms with E-state index in [0.29, 0.717) is 16.8 Å². The first-order valence-corrected chi connectivity index (χ1v) is 12.1. The van der Waals surface area contributed by atoms with E-state index in [-0.39, 0.29) is 0 Å². The summed E-state index contributed by atoms with van der Waals surface area (Å²) in [5, 5.41) is 4.27. The van der Waals surface area contributed by atoms with Gasteiger partial charge in [-0.3, -0.25) is 4.98 Å². The number of nitrogens with zero attached hydrogens (tertiary/aromatic N) is 1. The third kappa shape index (κ3) is 3.47. The maximum Gasteiger partial charge on any atom is 0.144 e. The van der Waals surface area contributed by atoms with E-state index in [1.807, 2.05) is 91.0 Å². The second kappa shape index (κ2) is 8.51. The van der Waals surface area contributed by atoms with E-state index in [2.05, 4.69) is 30.3 Å². The normalized spacial score (nSPS) is 12.7. The van der Waals surface area contributed by atoms with Crippen LogP contribution in [0, 0.1) is 0 Å². The van der Waals surface area contributed by atoms with E-state index in [0.717, 1.165) is 49.4 Å². The second-order valence-electron chi connectivity index (χ2n) is 8.92. The summed E-state index contributed by atoms with van der Waals surface area (Å²) in [4.78, 5) is 4.85. The molecule has 0 atom stereocenters. The molecule has 7 aromatic rings. The van der Waals surface area contributed by atoms with E-state index in [1.165, 1.54) is 0 Å². The van der Waals surface area contributed by atoms with E-state index < -0.39 is 6.37 Å². The van der Waals surface area contributed by atoms with Gasteiger partial charge in [0.05, 0.1) is 5.69 Å². The maximum atomic E-state index is 9.21. The Bertz CT molecular complexity index is 1940. The molecule has 0 radical (unpaired) electrons. The average Bonchev–Trinajstić information content (AvgIpc) is 3.37. The predicted octanol–water partition coefficient (Wildman–Crippen LogP) is 9.06. The first-order chi connectivity index (χ1) is 18.6. The molecule has 36 heavy (non-hydrogen) atoms. The molecule has 0 unspecified atom stereocenters. The molecule has 2 heteroatoms. The predicted molar refractivity (Wildman–Crippen MR) is 149 cm³/mol. The summed E-state index contributed by atoms with van der Waals surface area (Å²) in [7, 11) is 0. The minimum atomic E-state index is -1.73. The highest BCUT2D eigenvalue weighted by Gasteiger charge is 2.16. The molecular formula is C34H23NO. The molecule has 0 spiro atoms. The topological polar surface area (TPSA) is 26.0 Å². The van der Waals surface area contributed by atoms with E-state index in [1.54, 1.807) is 6.20 Å². The lowest BCUT2D eigenvalue weighted by atomic mass is 9.94. The van der Waals surface area contributed by atoms with Crippen LogP contribution in [0.4, 0.5) is 0 Å². The molecule has 0 aliphatic carbocycles. The molecule has 7 rings (SSSR count). The Hall–Kier alpha value is -4.69. The summed E-state index contributed by atoms with van der Waals surface area (Å²) >= 11 is 0. The van der Waals surface area contributed by atoms with Crippen molar-refractivity contribution in [2.24, 2.45) is 0 Å². The van der Waals surface area contributed by atoms with Gasteiger partial charge in [0.1, 0.15) is 11.2 Å². The monoisotopic (exact) mass is 463 g/mol. The number of fused-ring (bicyclic) bond motifs is 5. The van der Waals surface area contributed by atoms with Gasteiger partial charge in [-0.2, -0.15) is 0 Å². The molecule has 0 N–H and O–H groups in total. The van der Waals surface area contributed by atoms with Gasteiger partial charge in [0.25, 0.3) is 0 Å². The third-order valence-electron chi connectivity index (χ3n) is 6.71. The SMILES string of the molecule is [2H]C([2H])(c1ccccc1)c1cc(-c2cccc3c2oc2c4ccccc4ccc32)ncc1-c1ccccc1. The lowest BCUT2D eigenvalue weighted by molar-refractivity contribution is 0.673. The first kappa shape index (κ1) is 18.6. The zero-order chi connectivity index (χ0) is 25.7. The van der Waals surface area contributed by atoms with Crippen LogP contribution in [0.1, 0.15) is 13.9 Å². The van der Waals surface area contributed by atoms with Gasteiger partial charge in [-0.05, 0) is 46.6 Å². The molecule has 170 valence electrons. The highest BCUT2D eigenvalue weighted by atomic mass is 16.3. The van der Waals surface area contributed by atoms with E-state index in [9.17, 15) is 2.74 Å². The third-order valence-corrected chi connectivity index (χ3v) is 6.71. The van der Waals surface area contributed by atoms with Gasteiger partial charge in [0.2, 0.25) is 0 Å². The Morgan fingerprint density at radius 1 is 0.611 bits per heavy atom. The van der Waals surface area contributed by atoms with Crippen LogP contribution in [0.15, 0.2) is 132 Å². The number of para-hydroxylation sites is 1. The summed E-state index contributed by atoms with van der Waals surface area (Å²) in [6.07, 6.45) is 0.0553. The van der Waals surface area contributed by atoms with Gasteiger partial charge >= 0.3 is 0 Å². The van der Waals surface area contributed by atoms with Gasteiger partial charge in [-0.1, -0.05) is 103 Å². The van der Waals surface area contributed by atoms with Crippen LogP contribution < -0.4 is 0 Å². The summed E-state index contributed by atoms with van der Waals surface area (Å²) < 4.78 is 25.0. The number of hydrogen-bond donors (Lipinski definition) is 0. The lowest BCUT2D eigenvalue weighted by Gasteiger charge is -2.12. The van der Waals surface area contributed by atoms with Crippen molar-refractivity contribution in [3.05, 3.63) is 139 Å². The van der Waals surface area contributed by atoms with Crippen molar-refractivity contribution in [3.8, 4) is 22.4 Å². The van der Waals surface area contributed by atoms with Crippen LogP contribution in [0.5, 0.6) is 0 Å². The van der Waals surface area contributed by atoms with Crippen LogP contribution in [-0.4, -0.2) is 4.98 Å². The number of hydrogen-bond acceptors (Lipinski definition) is 2. The molecule has 0 fully saturated rings. The fourth-order valence-corrected chi connectivity index (χ4v) is 4.96. The number of pyridine rings is 1. The molecule has 0 amide bonds. The van der Waals surface area contributed by atoms with Crippen molar-refractivity contribution in [2.75, 3.05) is 0 Å². The molecule has 2 heterocycles. The van der Waals surface area contributed by atoms with Gasteiger partial charge in [0.15, 0.2) is 0 Å². The van der Waals surface area contributed by atoms with Crippen LogP contribution >= 0.6 is 0 Å². The number of furan rings is 1. The maximum absolute atomic E-state index is 9.21. The molecule has 0 aliphatic rings. The van der Waals surface area contributed by atoms with Gasteiger partial charge < -0.3 is 4.42 Å². The molecule has 0 aliphatic heterocycles. The summed E-state index contributed by atoms with van der Waals surface area (Å²) in [6, 6.07) is 39.6. The van der Waals surface area contributed by atoms with Gasteiger partial charge in [-0.25, -0.2) is 0 Å². The number of benzene rings is 5. The van der Waals surface area contributed by atoms with Crippen LogP contribution in [0.25, 0.3) is 55.1 Å². The van der Waals surface area contributed by atoms with Crippen molar-refractivity contribution in [3.63, 3.8) is 0 Å². The smallest absolute Gasteiger partial charge is 0.144 e. The van der Waals surface area contributed by atoms with Crippen molar-refractivity contribution >= 4 is 32.7 Å². The molecule has 2 nitrogen and oxygen atoms in total. The molecule has 0 saturated heterocycles. The number of rotatable bonds is 4. The Kier molecular flexibility index (Phi) is 4.40. The molecule has 5 aromatic carbocycles. The fourth-order valence-electron chi connectivity index (χ4n) is 4.96. The van der Waals surface area contributed by atoms with Crippen LogP contribution in [-0.2, 0) is 6.37 Å². The standard InChI is InChI=1S/C34H23NO/c1-3-10-23(11-4-1)20-26-21-32(35-22-31(26)24-12-5-2-6-13-24)30-17-9-16-28-29-19-18-25-14-7-8-15-27(25)33(29)36-34(28)30/h1-19,21-22H,20H2/i20D2. The Balaban J connectivity index is 1.49. The van der Waals surface area contributed by atoms with Crippen LogP contribution in [0.3, 0.4) is 0 Å². The second-order valence-corrected chi connectivity index (χ2v) is 8.92. The zero-order valence-corrected chi connectivity index (χ0v) is 19.5. The van der Waals surface area contributed by atoms with E-state index in [4.69, 9.17) is 9.40 Å². The van der Waals surface area contributed by atoms with Crippen molar-refractivity contribution in [1.82, 2.24) is 4.98 Å². The lowest BCUT2D eigenvalue weighted by Crippen LogP contribution is -1.96. The highest BCUT2D eigenvalue weighted by molar-refractivity contribution is 6.17. The fraction of sp³-hybridized carbons (Fsp3) is 0.0294. The first-order valence-electron chi connectivity index (χ1n) is 13.1. The molecular weight excluding hydrogens is 438 g/mol. The molecule has 2 aromatic heterocycles.